The lowest BCUT2D eigenvalue weighted by Gasteiger charge is -2.22. The lowest BCUT2D eigenvalue weighted by molar-refractivity contribution is 0.171. The van der Waals surface area contributed by atoms with Crippen molar-refractivity contribution in [1.29, 1.82) is 0 Å². The van der Waals surface area contributed by atoms with Crippen LogP contribution in [-0.2, 0) is 0 Å². The first kappa shape index (κ1) is 12.1. The number of fused-ring (bicyclic) bond motifs is 1. The van der Waals surface area contributed by atoms with Gasteiger partial charge in [-0.1, -0.05) is 25.4 Å². The molecule has 0 saturated heterocycles. The maximum Gasteiger partial charge on any atom is 0.162 e. The van der Waals surface area contributed by atoms with E-state index in [0.29, 0.717) is 29.6 Å². The monoisotopic (exact) mass is 267 g/mol. The molecule has 0 radical (unpaired) electrons. The van der Waals surface area contributed by atoms with Crippen LogP contribution in [0.25, 0.3) is 0 Å². The first-order valence-corrected chi connectivity index (χ1v) is 6.71. The number of hydrogen-bond acceptors (Lipinski definition) is 3. The van der Waals surface area contributed by atoms with E-state index in [-0.39, 0.29) is 6.04 Å². The molecule has 1 heterocycles. The van der Waals surface area contributed by atoms with E-state index in [1.165, 1.54) is 0 Å². The lowest BCUT2D eigenvalue weighted by Crippen LogP contribution is -2.19. The molecule has 98 valence electrons. The number of ether oxygens (including phenoxy) is 2. The number of hydrogen-bond donors (Lipinski definition) is 1. The largest absolute Gasteiger partial charge is 0.486 e. The summed E-state index contributed by atoms with van der Waals surface area (Å²) in [5.41, 5.74) is 7.63. The second-order valence-electron chi connectivity index (χ2n) is 5.84. The lowest BCUT2D eigenvalue weighted by atomic mass is 9.97. The quantitative estimate of drug-likeness (QED) is 0.895. The smallest absolute Gasteiger partial charge is 0.162 e. The van der Waals surface area contributed by atoms with E-state index in [4.69, 9.17) is 26.8 Å². The molecular formula is C14H18ClNO2. The normalized spacial score (nSPS) is 25.7. The molecule has 1 aromatic carbocycles. The van der Waals surface area contributed by atoms with E-state index in [2.05, 4.69) is 13.8 Å². The van der Waals surface area contributed by atoms with Gasteiger partial charge in [-0.3, -0.25) is 0 Å². The fraction of sp³-hybridized carbons (Fsp3) is 0.571. The summed E-state index contributed by atoms with van der Waals surface area (Å²) in [5, 5.41) is 0.675. The first-order valence-electron chi connectivity index (χ1n) is 6.34. The van der Waals surface area contributed by atoms with Crippen molar-refractivity contribution in [2.45, 2.75) is 26.3 Å². The van der Waals surface area contributed by atoms with Crippen molar-refractivity contribution in [3.05, 3.63) is 22.7 Å². The average molecular weight is 268 g/mol. The minimum Gasteiger partial charge on any atom is -0.486 e. The molecule has 3 rings (SSSR count). The van der Waals surface area contributed by atoms with Crippen LogP contribution in [-0.4, -0.2) is 13.2 Å². The molecule has 2 atom stereocenters. The average Bonchev–Trinajstić information content (AvgIpc) is 2.97. The third-order valence-electron chi connectivity index (χ3n) is 4.04. The molecule has 3 nitrogen and oxygen atoms in total. The summed E-state index contributed by atoms with van der Waals surface area (Å²) in [4.78, 5) is 0. The van der Waals surface area contributed by atoms with Crippen molar-refractivity contribution in [3.63, 3.8) is 0 Å². The number of rotatable bonds is 2. The highest BCUT2D eigenvalue weighted by Gasteiger charge is 2.49. The summed E-state index contributed by atoms with van der Waals surface area (Å²) in [6.07, 6.45) is 1.15. The molecule has 0 spiro atoms. The van der Waals surface area contributed by atoms with Gasteiger partial charge in [-0.05, 0) is 29.4 Å². The van der Waals surface area contributed by atoms with Crippen LogP contribution in [0.1, 0.15) is 31.9 Å². The maximum atomic E-state index is 6.33. The Balaban J connectivity index is 1.92. The predicted octanol–water partition coefficient (Wildman–Crippen LogP) is 3.16. The van der Waals surface area contributed by atoms with Crippen LogP contribution in [0, 0.1) is 11.3 Å². The van der Waals surface area contributed by atoms with Crippen molar-refractivity contribution in [2.75, 3.05) is 13.2 Å². The topological polar surface area (TPSA) is 44.5 Å². The minimum absolute atomic E-state index is 0.0247. The molecule has 2 aliphatic rings. The second-order valence-corrected chi connectivity index (χ2v) is 6.25. The fourth-order valence-corrected chi connectivity index (χ4v) is 2.95. The standard InChI is InChI=1S/C14H18ClNO2/c1-14(2)7-9(14)13(16)8-5-11-12(6-10(8)15)18-4-3-17-11/h5-6,9,13H,3-4,7,16H2,1-2H3. The molecule has 1 aliphatic heterocycles. The van der Waals surface area contributed by atoms with Gasteiger partial charge in [0.2, 0.25) is 0 Å². The van der Waals surface area contributed by atoms with Gasteiger partial charge in [-0.2, -0.15) is 0 Å². The first-order chi connectivity index (χ1) is 8.49. The molecule has 0 amide bonds. The zero-order valence-electron chi connectivity index (χ0n) is 10.7. The van der Waals surface area contributed by atoms with Crippen LogP contribution in [0.5, 0.6) is 11.5 Å². The SMILES string of the molecule is CC1(C)CC1C(N)c1cc2c(cc1Cl)OCCO2. The zero-order valence-corrected chi connectivity index (χ0v) is 11.5. The van der Waals surface area contributed by atoms with Gasteiger partial charge in [0, 0.05) is 17.1 Å². The predicted molar refractivity (Wildman–Crippen MR) is 71.3 cm³/mol. The molecule has 18 heavy (non-hydrogen) atoms. The number of halogens is 1. The summed E-state index contributed by atoms with van der Waals surface area (Å²) in [5.74, 6) is 1.98. The van der Waals surface area contributed by atoms with Crippen LogP contribution in [0.4, 0.5) is 0 Å². The van der Waals surface area contributed by atoms with E-state index in [1.54, 1.807) is 0 Å². The van der Waals surface area contributed by atoms with Crippen molar-refractivity contribution < 1.29 is 9.47 Å². The van der Waals surface area contributed by atoms with Crippen molar-refractivity contribution in [2.24, 2.45) is 17.1 Å². The Morgan fingerprint density at radius 1 is 1.28 bits per heavy atom. The van der Waals surface area contributed by atoms with Crippen molar-refractivity contribution in [3.8, 4) is 11.5 Å². The Morgan fingerprint density at radius 2 is 1.83 bits per heavy atom. The highest BCUT2D eigenvalue weighted by Crippen LogP contribution is 2.58. The summed E-state index contributed by atoms with van der Waals surface area (Å²) in [6, 6.07) is 3.74. The Bertz CT molecular complexity index is 487. The van der Waals surface area contributed by atoms with Gasteiger partial charge in [-0.25, -0.2) is 0 Å². The van der Waals surface area contributed by atoms with Gasteiger partial charge in [0.05, 0.1) is 0 Å². The molecule has 0 bridgehead atoms. The van der Waals surface area contributed by atoms with Crippen molar-refractivity contribution in [1.82, 2.24) is 0 Å². The highest BCUT2D eigenvalue weighted by molar-refractivity contribution is 6.31. The molecule has 1 aliphatic carbocycles. The molecule has 4 heteroatoms. The third kappa shape index (κ3) is 1.95. The molecule has 0 aromatic heterocycles. The molecule has 1 aromatic rings. The number of nitrogens with two attached hydrogens (primary N) is 1. The van der Waals surface area contributed by atoms with Crippen LogP contribution < -0.4 is 15.2 Å². The van der Waals surface area contributed by atoms with E-state index in [9.17, 15) is 0 Å². The van der Waals surface area contributed by atoms with Gasteiger partial charge in [0.1, 0.15) is 13.2 Å². The van der Waals surface area contributed by atoms with Crippen LogP contribution in [0.2, 0.25) is 5.02 Å². The molecule has 2 unspecified atom stereocenters. The zero-order chi connectivity index (χ0) is 12.9. The summed E-state index contributed by atoms with van der Waals surface area (Å²) < 4.78 is 11.1. The fourth-order valence-electron chi connectivity index (χ4n) is 2.67. The highest BCUT2D eigenvalue weighted by atomic mass is 35.5. The van der Waals surface area contributed by atoms with E-state index < -0.39 is 0 Å². The van der Waals surface area contributed by atoms with Gasteiger partial charge in [-0.15, -0.1) is 0 Å². The van der Waals surface area contributed by atoms with Gasteiger partial charge < -0.3 is 15.2 Å². The molecular weight excluding hydrogens is 250 g/mol. The van der Waals surface area contributed by atoms with E-state index in [1.807, 2.05) is 12.1 Å². The molecule has 1 saturated carbocycles. The molecule has 2 N–H and O–H groups in total. The Hall–Kier alpha value is -0.930. The second kappa shape index (κ2) is 4.04. The summed E-state index contributed by atoms with van der Waals surface area (Å²) in [6.45, 7) is 5.63. The summed E-state index contributed by atoms with van der Waals surface area (Å²) in [7, 11) is 0. The maximum absolute atomic E-state index is 6.33. The third-order valence-corrected chi connectivity index (χ3v) is 4.37. The Morgan fingerprint density at radius 3 is 2.39 bits per heavy atom. The molecule has 1 fully saturated rings. The van der Waals surface area contributed by atoms with Crippen LogP contribution >= 0.6 is 11.6 Å². The minimum atomic E-state index is -0.0247. The summed E-state index contributed by atoms with van der Waals surface area (Å²) >= 11 is 6.31. The van der Waals surface area contributed by atoms with E-state index >= 15 is 0 Å². The van der Waals surface area contributed by atoms with Gasteiger partial charge in [0.15, 0.2) is 11.5 Å². The van der Waals surface area contributed by atoms with Crippen LogP contribution in [0.15, 0.2) is 12.1 Å². The van der Waals surface area contributed by atoms with Crippen molar-refractivity contribution >= 4 is 11.6 Å². The Labute approximate surface area is 112 Å². The van der Waals surface area contributed by atoms with E-state index in [0.717, 1.165) is 23.5 Å². The van der Waals surface area contributed by atoms with Crippen LogP contribution in [0.3, 0.4) is 0 Å². The van der Waals surface area contributed by atoms with Gasteiger partial charge >= 0.3 is 0 Å². The number of benzene rings is 1. The Kier molecular flexibility index (Phi) is 2.72. The van der Waals surface area contributed by atoms with Gasteiger partial charge in [0.25, 0.3) is 0 Å².